The third-order valence-corrected chi connectivity index (χ3v) is 7.00. The Hall–Kier alpha value is -2.34. The van der Waals surface area contributed by atoms with E-state index in [0.717, 1.165) is 20.6 Å². The molecule has 0 fully saturated rings. The van der Waals surface area contributed by atoms with Gasteiger partial charge in [-0.2, -0.15) is 5.26 Å². The van der Waals surface area contributed by atoms with Gasteiger partial charge in [0, 0.05) is 10.6 Å². The number of hydrogen-bond acceptors (Lipinski definition) is 7. The monoisotopic (exact) mass is 426 g/mol. The number of nitrogens with one attached hydrogen (secondary N) is 1. The number of aromatic nitrogens is 2. The number of anilines is 1. The molecule has 0 spiro atoms. The third-order valence-electron chi connectivity index (χ3n) is 3.80. The molecule has 5 nitrogen and oxygen atoms in total. The lowest BCUT2D eigenvalue weighted by Crippen LogP contribution is -2.13. The van der Waals surface area contributed by atoms with E-state index in [-0.39, 0.29) is 5.91 Å². The van der Waals surface area contributed by atoms with Crippen molar-refractivity contribution in [2.24, 2.45) is 0 Å². The van der Waals surface area contributed by atoms with Gasteiger partial charge in [0.2, 0.25) is 11.0 Å². The van der Waals surface area contributed by atoms with Gasteiger partial charge in [-0.25, -0.2) is 0 Å². The lowest BCUT2D eigenvalue weighted by molar-refractivity contribution is -0.113. The SMILES string of the molecule is Cc1ccc(C)c(SCC(=O)Nc2nnc(SCc3ccc(C#N)cc3)s2)c1. The molecule has 0 bridgehead atoms. The molecule has 0 unspecified atom stereocenters. The van der Waals surface area contributed by atoms with Gasteiger partial charge in [0.05, 0.1) is 17.4 Å². The molecule has 1 N–H and O–H groups in total. The summed E-state index contributed by atoms with van der Waals surface area (Å²) >= 11 is 4.44. The number of thioether (sulfide) groups is 2. The fourth-order valence-electron chi connectivity index (χ4n) is 2.30. The molecule has 0 saturated heterocycles. The van der Waals surface area contributed by atoms with E-state index in [1.807, 2.05) is 26.0 Å². The Balaban J connectivity index is 1.48. The predicted molar refractivity (Wildman–Crippen MR) is 116 cm³/mol. The van der Waals surface area contributed by atoms with Gasteiger partial charge in [-0.15, -0.1) is 22.0 Å². The maximum atomic E-state index is 12.2. The van der Waals surface area contributed by atoms with E-state index < -0.39 is 0 Å². The fraction of sp³-hybridized carbons (Fsp3) is 0.200. The summed E-state index contributed by atoms with van der Waals surface area (Å²) in [6.45, 7) is 4.09. The van der Waals surface area contributed by atoms with E-state index in [4.69, 9.17) is 5.26 Å². The van der Waals surface area contributed by atoms with Crippen LogP contribution in [-0.4, -0.2) is 21.9 Å². The van der Waals surface area contributed by atoms with Crippen LogP contribution in [0.4, 0.5) is 5.13 Å². The minimum atomic E-state index is -0.0919. The molecule has 3 rings (SSSR count). The third kappa shape index (κ3) is 5.83. The van der Waals surface area contributed by atoms with Gasteiger partial charge in [-0.3, -0.25) is 10.1 Å². The summed E-state index contributed by atoms with van der Waals surface area (Å²) in [6, 6.07) is 15.8. The molecule has 0 saturated carbocycles. The van der Waals surface area contributed by atoms with Crippen molar-refractivity contribution >= 4 is 45.9 Å². The largest absolute Gasteiger partial charge is 0.300 e. The van der Waals surface area contributed by atoms with Crippen molar-refractivity contribution in [1.29, 1.82) is 5.26 Å². The van der Waals surface area contributed by atoms with Crippen LogP contribution in [0.15, 0.2) is 51.7 Å². The van der Waals surface area contributed by atoms with Gasteiger partial charge in [-0.1, -0.05) is 52.9 Å². The number of carbonyl (C=O) groups is 1. The minimum Gasteiger partial charge on any atom is -0.300 e. The normalized spacial score (nSPS) is 10.5. The topological polar surface area (TPSA) is 78.7 Å². The quantitative estimate of drug-likeness (QED) is 0.421. The van der Waals surface area contributed by atoms with Crippen LogP contribution < -0.4 is 5.32 Å². The molecular weight excluding hydrogens is 408 g/mol. The van der Waals surface area contributed by atoms with Crippen molar-refractivity contribution in [2.75, 3.05) is 11.1 Å². The maximum Gasteiger partial charge on any atom is 0.236 e. The highest BCUT2D eigenvalue weighted by molar-refractivity contribution is 8.00. The Bertz CT molecular complexity index is 1010. The predicted octanol–water partition coefficient (Wildman–Crippen LogP) is 5.05. The zero-order chi connectivity index (χ0) is 19.9. The van der Waals surface area contributed by atoms with Crippen LogP contribution in [0.25, 0.3) is 0 Å². The first-order chi connectivity index (χ1) is 13.5. The Labute approximate surface area is 176 Å². The zero-order valence-electron chi connectivity index (χ0n) is 15.4. The molecule has 2 aromatic carbocycles. The molecule has 3 aromatic rings. The summed E-state index contributed by atoms with van der Waals surface area (Å²) < 4.78 is 0.793. The minimum absolute atomic E-state index is 0.0919. The second kappa shape index (κ2) is 9.73. The first kappa shape index (κ1) is 20.4. The van der Waals surface area contributed by atoms with Crippen LogP contribution in [0.2, 0.25) is 0 Å². The maximum absolute atomic E-state index is 12.2. The lowest BCUT2D eigenvalue weighted by atomic mass is 10.2. The van der Waals surface area contributed by atoms with Crippen LogP contribution in [0.1, 0.15) is 22.3 Å². The number of nitriles is 1. The van der Waals surface area contributed by atoms with Crippen molar-refractivity contribution < 1.29 is 4.79 Å². The van der Waals surface area contributed by atoms with E-state index in [2.05, 4.69) is 39.8 Å². The molecular formula is C20H18N4OS3. The van der Waals surface area contributed by atoms with Crippen molar-refractivity contribution in [3.63, 3.8) is 0 Å². The molecule has 8 heteroatoms. The average molecular weight is 427 g/mol. The van der Waals surface area contributed by atoms with E-state index >= 15 is 0 Å². The zero-order valence-corrected chi connectivity index (χ0v) is 17.9. The second-order valence-electron chi connectivity index (χ2n) is 6.08. The molecule has 28 heavy (non-hydrogen) atoms. The highest BCUT2D eigenvalue weighted by Crippen LogP contribution is 2.29. The molecule has 0 aliphatic rings. The molecule has 0 atom stereocenters. The van der Waals surface area contributed by atoms with Crippen LogP contribution >= 0.6 is 34.9 Å². The lowest BCUT2D eigenvalue weighted by Gasteiger charge is -2.06. The smallest absolute Gasteiger partial charge is 0.236 e. The molecule has 0 radical (unpaired) electrons. The van der Waals surface area contributed by atoms with E-state index in [0.29, 0.717) is 16.4 Å². The summed E-state index contributed by atoms with van der Waals surface area (Å²) in [5.41, 5.74) is 4.10. The molecule has 0 aliphatic carbocycles. The fourth-order valence-corrected chi connectivity index (χ4v) is 4.95. The van der Waals surface area contributed by atoms with Crippen LogP contribution in [0.5, 0.6) is 0 Å². The molecule has 142 valence electrons. The highest BCUT2D eigenvalue weighted by Gasteiger charge is 2.10. The summed E-state index contributed by atoms with van der Waals surface area (Å²) in [6.07, 6.45) is 0. The van der Waals surface area contributed by atoms with Crippen LogP contribution in [0.3, 0.4) is 0 Å². The molecule has 1 aromatic heterocycles. The number of aryl methyl sites for hydroxylation is 2. The average Bonchev–Trinajstić information content (AvgIpc) is 3.14. The number of amides is 1. The second-order valence-corrected chi connectivity index (χ2v) is 9.29. The first-order valence-electron chi connectivity index (χ1n) is 8.49. The number of nitrogens with zero attached hydrogens (tertiary/aromatic N) is 3. The Morgan fingerprint density at radius 1 is 1.14 bits per heavy atom. The van der Waals surface area contributed by atoms with Gasteiger partial charge in [0.25, 0.3) is 0 Å². The molecule has 1 amide bonds. The first-order valence-corrected chi connectivity index (χ1v) is 11.3. The Kier molecular flexibility index (Phi) is 7.09. The Morgan fingerprint density at radius 3 is 2.68 bits per heavy atom. The van der Waals surface area contributed by atoms with Crippen molar-refractivity contribution in [3.8, 4) is 6.07 Å². The van der Waals surface area contributed by atoms with E-state index in [1.165, 1.54) is 34.2 Å². The van der Waals surface area contributed by atoms with Crippen molar-refractivity contribution in [3.05, 3.63) is 64.7 Å². The molecule has 1 heterocycles. The number of carbonyl (C=O) groups excluding carboxylic acids is 1. The van der Waals surface area contributed by atoms with Crippen LogP contribution in [0, 0.1) is 25.2 Å². The summed E-state index contributed by atoms with van der Waals surface area (Å²) in [5, 5.41) is 20.3. The van der Waals surface area contributed by atoms with Gasteiger partial charge in [0.15, 0.2) is 4.34 Å². The Morgan fingerprint density at radius 2 is 1.93 bits per heavy atom. The van der Waals surface area contributed by atoms with E-state index in [9.17, 15) is 4.79 Å². The number of rotatable bonds is 7. The summed E-state index contributed by atoms with van der Waals surface area (Å²) in [4.78, 5) is 13.3. The van der Waals surface area contributed by atoms with Crippen LogP contribution in [-0.2, 0) is 10.5 Å². The van der Waals surface area contributed by atoms with Gasteiger partial charge in [-0.05, 0) is 43.2 Å². The van der Waals surface area contributed by atoms with Gasteiger partial charge >= 0.3 is 0 Å². The van der Waals surface area contributed by atoms with Gasteiger partial charge < -0.3 is 0 Å². The molecule has 0 aliphatic heterocycles. The highest BCUT2D eigenvalue weighted by atomic mass is 32.2. The number of benzene rings is 2. The number of hydrogen-bond donors (Lipinski definition) is 1. The summed E-state index contributed by atoms with van der Waals surface area (Å²) in [7, 11) is 0. The van der Waals surface area contributed by atoms with Gasteiger partial charge in [0.1, 0.15) is 0 Å². The standard InChI is InChI=1S/C20H18N4OS3/c1-13-3-4-14(2)17(9-13)26-12-18(25)22-19-23-24-20(28-19)27-11-16-7-5-15(10-21)6-8-16/h3-9H,11-12H2,1-2H3,(H,22,23,25). The summed E-state index contributed by atoms with van der Waals surface area (Å²) in [5.74, 6) is 0.972. The van der Waals surface area contributed by atoms with E-state index in [1.54, 1.807) is 23.9 Å². The van der Waals surface area contributed by atoms with Crippen molar-refractivity contribution in [2.45, 2.75) is 28.8 Å². The van der Waals surface area contributed by atoms with Crippen molar-refractivity contribution in [1.82, 2.24) is 10.2 Å².